The van der Waals surface area contributed by atoms with Crippen molar-refractivity contribution in [3.8, 4) is 0 Å². The Labute approximate surface area is 118 Å². The smallest absolute Gasteiger partial charge is 0.00527 e. The lowest BCUT2D eigenvalue weighted by molar-refractivity contribution is 0.284. The number of nitrogens with zero attached hydrogens (tertiary/aromatic N) is 1. The second kappa shape index (κ2) is 6.38. The molecule has 0 bridgehead atoms. The third-order valence-corrected chi connectivity index (χ3v) is 4.27. The Bertz CT molecular complexity index is 427. The Morgan fingerprint density at radius 3 is 2.53 bits per heavy atom. The van der Waals surface area contributed by atoms with Crippen LogP contribution in [0.5, 0.6) is 0 Å². The largest absolute Gasteiger partial charge is 0.303 e. The average molecular weight is 257 g/mol. The topological polar surface area (TPSA) is 3.24 Å². The van der Waals surface area contributed by atoms with Crippen LogP contribution in [0.1, 0.15) is 50.7 Å². The zero-order valence-electron chi connectivity index (χ0n) is 12.7. The van der Waals surface area contributed by atoms with Crippen LogP contribution in [0.2, 0.25) is 0 Å². The Hall–Kier alpha value is -1.08. The molecule has 19 heavy (non-hydrogen) atoms. The van der Waals surface area contributed by atoms with Crippen molar-refractivity contribution in [2.75, 3.05) is 19.6 Å². The summed E-state index contributed by atoms with van der Waals surface area (Å²) in [5.41, 5.74) is 3.91. The molecular weight excluding hydrogens is 230 g/mol. The third-order valence-electron chi connectivity index (χ3n) is 4.27. The first-order valence-electron chi connectivity index (χ1n) is 7.56. The van der Waals surface area contributed by atoms with Crippen LogP contribution >= 0.6 is 0 Å². The van der Waals surface area contributed by atoms with Gasteiger partial charge in [-0.05, 0) is 55.8 Å². The Morgan fingerprint density at radius 2 is 1.95 bits per heavy atom. The van der Waals surface area contributed by atoms with Crippen molar-refractivity contribution in [2.45, 2.75) is 39.5 Å². The van der Waals surface area contributed by atoms with Crippen LogP contribution in [0.25, 0.3) is 5.57 Å². The maximum Gasteiger partial charge on any atom is 0.00527 e. The Kier molecular flexibility index (Phi) is 4.81. The van der Waals surface area contributed by atoms with Gasteiger partial charge in [0.05, 0.1) is 0 Å². The number of likely N-dealkylation sites (tertiary alicyclic amines) is 1. The molecule has 0 aromatic heterocycles. The van der Waals surface area contributed by atoms with Gasteiger partial charge >= 0.3 is 0 Å². The molecule has 1 heterocycles. The molecule has 1 aromatic rings. The third kappa shape index (κ3) is 3.70. The summed E-state index contributed by atoms with van der Waals surface area (Å²) < 4.78 is 0. The van der Waals surface area contributed by atoms with Crippen molar-refractivity contribution in [3.05, 3.63) is 42.0 Å². The van der Waals surface area contributed by atoms with E-state index < -0.39 is 0 Å². The van der Waals surface area contributed by atoms with E-state index >= 15 is 0 Å². The SMILES string of the molecule is C=C(C)c1cccc(C(CN2CCCC2)C(C)C)c1. The molecular formula is C18H27N. The van der Waals surface area contributed by atoms with Gasteiger partial charge in [0.15, 0.2) is 0 Å². The van der Waals surface area contributed by atoms with Gasteiger partial charge in [-0.25, -0.2) is 0 Å². The van der Waals surface area contributed by atoms with E-state index in [4.69, 9.17) is 0 Å². The number of hydrogen-bond donors (Lipinski definition) is 0. The Morgan fingerprint density at radius 1 is 1.26 bits per heavy atom. The normalized spacial score (nSPS) is 17.9. The van der Waals surface area contributed by atoms with Crippen LogP contribution in [0, 0.1) is 5.92 Å². The first kappa shape index (κ1) is 14.3. The molecule has 104 valence electrons. The molecule has 1 aromatic carbocycles. The van der Waals surface area contributed by atoms with E-state index in [0.29, 0.717) is 11.8 Å². The van der Waals surface area contributed by atoms with Crippen LogP contribution < -0.4 is 0 Å². The van der Waals surface area contributed by atoms with Gasteiger partial charge in [0.1, 0.15) is 0 Å². The highest BCUT2D eigenvalue weighted by molar-refractivity contribution is 5.62. The van der Waals surface area contributed by atoms with Gasteiger partial charge in [-0.3, -0.25) is 0 Å². The van der Waals surface area contributed by atoms with E-state index in [1.165, 1.54) is 43.6 Å². The molecule has 0 aliphatic carbocycles. The van der Waals surface area contributed by atoms with Crippen molar-refractivity contribution >= 4 is 5.57 Å². The van der Waals surface area contributed by atoms with Crippen LogP contribution in [-0.2, 0) is 0 Å². The minimum absolute atomic E-state index is 0.636. The molecule has 0 amide bonds. The van der Waals surface area contributed by atoms with E-state index in [1.807, 2.05) is 0 Å². The summed E-state index contributed by atoms with van der Waals surface area (Å²) in [5.74, 6) is 1.32. The van der Waals surface area contributed by atoms with Crippen LogP contribution in [0.4, 0.5) is 0 Å². The molecule has 1 aliphatic heterocycles. The fourth-order valence-corrected chi connectivity index (χ4v) is 2.98. The summed E-state index contributed by atoms with van der Waals surface area (Å²) in [4.78, 5) is 2.62. The molecule has 0 saturated carbocycles. The van der Waals surface area contributed by atoms with E-state index in [9.17, 15) is 0 Å². The van der Waals surface area contributed by atoms with Gasteiger partial charge in [0.2, 0.25) is 0 Å². The standard InChI is InChI=1S/C18H27N/c1-14(2)16-8-7-9-17(12-16)18(15(3)4)13-19-10-5-6-11-19/h7-9,12,15,18H,1,5-6,10-11,13H2,2-4H3. The van der Waals surface area contributed by atoms with Crippen molar-refractivity contribution in [1.29, 1.82) is 0 Å². The van der Waals surface area contributed by atoms with Gasteiger partial charge in [-0.15, -0.1) is 0 Å². The first-order chi connectivity index (χ1) is 9.08. The summed E-state index contributed by atoms with van der Waals surface area (Å²) in [6, 6.07) is 8.97. The quantitative estimate of drug-likeness (QED) is 0.747. The molecule has 1 heteroatoms. The fourth-order valence-electron chi connectivity index (χ4n) is 2.98. The summed E-state index contributed by atoms with van der Waals surface area (Å²) in [7, 11) is 0. The molecule has 1 aliphatic rings. The van der Waals surface area contributed by atoms with Crippen molar-refractivity contribution in [3.63, 3.8) is 0 Å². The van der Waals surface area contributed by atoms with Gasteiger partial charge in [-0.1, -0.05) is 50.3 Å². The lowest BCUT2D eigenvalue weighted by atomic mass is 9.86. The lowest BCUT2D eigenvalue weighted by Crippen LogP contribution is -2.28. The number of benzene rings is 1. The van der Waals surface area contributed by atoms with Gasteiger partial charge in [0, 0.05) is 6.54 Å². The zero-order valence-corrected chi connectivity index (χ0v) is 12.7. The summed E-state index contributed by atoms with van der Waals surface area (Å²) in [5, 5.41) is 0. The minimum atomic E-state index is 0.636. The maximum atomic E-state index is 4.06. The molecule has 1 atom stereocenters. The second-order valence-electron chi connectivity index (χ2n) is 6.26. The summed E-state index contributed by atoms with van der Waals surface area (Å²) >= 11 is 0. The highest BCUT2D eigenvalue weighted by Crippen LogP contribution is 2.28. The molecule has 0 radical (unpaired) electrons. The van der Waals surface area contributed by atoms with E-state index in [1.54, 1.807) is 0 Å². The highest BCUT2D eigenvalue weighted by atomic mass is 15.1. The predicted octanol–water partition coefficient (Wildman–Crippen LogP) is 4.56. The number of hydrogen-bond acceptors (Lipinski definition) is 1. The molecule has 0 N–H and O–H groups in total. The monoisotopic (exact) mass is 257 g/mol. The van der Waals surface area contributed by atoms with E-state index in [-0.39, 0.29) is 0 Å². The molecule has 0 spiro atoms. The molecule has 1 nitrogen and oxygen atoms in total. The van der Waals surface area contributed by atoms with Gasteiger partial charge in [-0.2, -0.15) is 0 Å². The van der Waals surface area contributed by atoms with Crippen LogP contribution in [0.3, 0.4) is 0 Å². The molecule has 1 unspecified atom stereocenters. The van der Waals surface area contributed by atoms with Crippen molar-refractivity contribution < 1.29 is 0 Å². The van der Waals surface area contributed by atoms with Crippen LogP contribution in [-0.4, -0.2) is 24.5 Å². The summed E-state index contributed by atoms with van der Waals surface area (Å²) in [6.07, 6.45) is 2.74. The van der Waals surface area contributed by atoms with Gasteiger partial charge < -0.3 is 4.90 Å². The second-order valence-corrected chi connectivity index (χ2v) is 6.26. The van der Waals surface area contributed by atoms with Crippen molar-refractivity contribution in [2.24, 2.45) is 5.92 Å². The zero-order chi connectivity index (χ0) is 13.8. The maximum absolute atomic E-state index is 4.06. The van der Waals surface area contributed by atoms with E-state index in [0.717, 1.165) is 5.57 Å². The first-order valence-corrected chi connectivity index (χ1v) is 7.56. The van der Waals surface area contributed by atoms with E-state index in [2.05, 4.69) is 56.5 Å². The number of rotatable bonds is 5. The van der Waals surface area contributed by atoms with Gasteiger partial charge in [0.25, 0.3) is 0 Å². The lowest BCUT2D eigenvalue weighted by Gasteiger charge is -2.27. The number of allylic oxidation sites excluding steroid dienone is 1. The molecule has 1 saturated heterocycles. The van der Waals surface area contributed by atoms with Crippen molar-refractivity contribution in [1.82, 2.24) is 4.90 Å². The highest BCUT2D eigenvalue weighted by Gasteiger charge is 2.21. The molecule has 2 rings (SSSR count). The molecule has 1 fully saturated rings. The predicted molar refractivity (Wildman–Crippen MR) is 84.4 cm³/mol. The Balaban J connectivity index is 2.17. The minimum Gasteiger partial charge on any atom is -0.303 e. The van der Waals surface area contributed by atoms with Crippen LogP contribution in [0.15, 0.2) is 30.8 Å². The summed E-state index contributed by atoms with van der Waals surface area (Å²) in [6.45, 7) is 14.6. The average Bonchev–Trinajstić information content (AvgIpc) is 2.88. The fraction of sp³-hybridized carbons (Fsp3) is 0.556.